The highest BCUT2D eigenvalue weighted by Gasteiger charge is 2.42. The van der Waals surface area contributed by atoms with Crippen molar-refractivity contribution in [3.63, 3.8) is 0 Å². The van der Waals surface area contributed by atoms with Crippen LogP contribution in [0.25, 0.3) is 140 Å². The average Bonchev–Trinajstić information content (AvgIpc) is 0.685. The molecule has 0 saturated carbocycles. The molecular formula is C78H54N2O8. The predicted octanol–water partition coefficient (Wildman–Crippen LogP) is 19.3. The molecule has 0 aromatic heterocycles. The highest BCUT2D eigenvalue weighted by molar-refractivity contribution is 6.51. The summed E-state index contributed by atoms with van der Waals surface area (Å²) in [6.45, 7) is 16.3. The molecule has 0 radical (unpaired) electrons. The van der Waals surface area contributed by atoms with Crippen molar-refractivity contribution >= 4 is 175 Å². The summed E-state index contributed by atoms with van der Waals surface area (Å²) in [5, 5.41) is 70.0. The molecule has 18 rings (SSSR count). The van der Waals surface area contributed by atoms with Gasteiger partial charge in [0.2, 0.25) is 0 Å². The van der Waals surface area contributed by atoms with E-state index in [9.17, 15) is 20.4 Å². The Morgan fingerprint density at radius 3 is 0.648 bits per heavy atom. The molecule has 0 spiro atoms. The molecule has 0 fully saturated rings. The number of carbonyl (C=O) groups excluding carboxylic acids is 4. The van der Waals surface area contributed by atoms with Gasteiger partial charge in [-0.3, -0.25) is 19.2 Å². The number of imide groups is 2. The van der Waals surface area contributed by atoms with Crippen molar-refractivity contribution < 1.29 is 39.6 Å². The third kappa shape index (κ3) is 5.84. The lowest BCUT2D eigenvalue weighted by atomic mass is 9.79. The summed E-state index contributed by atoms with van der Waals surface area (Å²) in [6.07, 6.45) is 0. The monoisotopic (exact) mass is 1150 g/mol. The van der Waals surface area contributed by atoms with E-state index in [-0.39, 0.29) is 68.9 Å². The van der Waals surface area contributed by atoms with Crippen LogP contribution < -0.4 is 9.80 Å². The van der Waals surface area contributed by atoms with E-state index in [0.717, 1.165) is 119 Å². The van der Waals surface area contributed by atoms with Crippen LogP contribution in [0, 0.1) is 0 Å². The number of carbonyl (C=O) groups is 4. The number of phenols is 4. The molecule has 10 heteroatoms. The second kappa shape index (κ2) is 16.7. The van der Waals surface area contributed by atoms with Gasteiger partial charge in [-0.1, -0.05) is 165 Å². The highest BCUT2D eigenvalue weighted by Crippen LogP contribution is 2.58. The van der Waals surface area contributed by atoms with Crippen LogP contribution in [0.4, 0.5) is 11.4 Å². The van der Waals surface area contributed by atoms with E-state index in [1.807, 2.05) is 116 Å². The molecule has 424 valence electrons. The number of hydrogen-bond acceptors (Lipinski definition) is 8. The molecule has 0 unspecified atom stereocenters. The number of para-hydroxylation sites is 2. The summed E-state index contributed by atoms with van der Waals surface area (Å²) in [5.41, 5.74) is 5.27. The van der Waals surface area contributed by atoms with Gasteiger partial charge in [0, 0.05) is 43.1 Å². The van der Waals surface area contributed by atoms with Gasteiger partial charge in [-0.25, -0.2) is 9.80 Å². The zero-order valence-corrected chi connectivity index (χ0v) is 49.3. The molecule has 16 aromatic carbocycles. The van der Waals surface area contributed by atoms with Crippen LogP contribution in [0.15, 0.2) is 133 Å². The molecule has 0 aliphatic carbocycles. The summed E-state index contributed by atoms with van der Waals surface area (Å²) in [5.74, 6) is -2.66. The van der Waals surface area contributed by atoms with Gasteiger partial charge in [0.05, 0.1) is 33.6 Å². The summed E-state index contributed by atoms with van der Waals surface area (Å²) in [6, 6.07) is 43.0. The molecule has 2 aliphatic rings. The molecule has 0 saturated heterocycles. The number of anilines is 2. The standard InChI is InChI=1S/C78H54N2O8/c1-31(2)35-11-9-12-36(32(3)4)73(35)79-75(85)51-27-55(81)67-47-23-19-43-39-15-17-41-45-21-25-49-64-50(70-58(84)30-54-66-53(29-57(83)69(49)72(66)70)77(87)80(78(54)88)74-37(33(5)6)13-10-14-38(74)34(7)8)26-22-46(62(45)64)42-18-16-40(59(39)60(41)42)44-20-24-48(63(47)61(43)44)68-56(82)28-52(76(79)86)65(51)71(67)68/h9-34,81-84H,1-8H3. The minimum atomic E-state index is -0.528. The van der Waals surface area contributed by atoms with E-state index >= 15 is 19.2 Å². The van der Waals surface area contributed by atoms with E-state index in [1.54, 1.807) is 0 Å². The first-order chi connectivity index (χ1) is 42.4. The zero-order chi connectivity index (χ0) is 60.4. The van der Waals surface area contributed by atoms with Crippen LogP contribution in [0.1, 0.15) is 143 Å². The number of aromatic hydroxyl groups is 4. The molecule has 0 atom stereocenters. The Morgan fingerprint density at radius 1 is 0.250 bits per heavy atom. The van der Waals surface area contributed by atoms with E-state index in [1.165, 1.54) is 34.1 Å². The lowest BCUT2D eigenvalue weighted by Crippen LogP contribution is -2.41. The molecule has 0 bridgehead atoms. The number of nitrogens with zero attached hydrogens (tertiary/aromatic N) is 2. The second-order valence-electron chi connectivity index (χ2n) is 26.1. The quantitative estimate of drug-likeness (QED) is 0.0729. The van der Waals surface area contributed by atoms with Crippen molar-refractivity contribution in [2.45, 2.75) is 79.1 Å². The third-order valence-corrected chi connectivity index (χ3v) is 20.3. The van der Waals surface area contributed by atoms with Gasteiger partial charge >= 0.3 is 0 Å². The van der Waals surface area contributed by atoms with Crippen molar-refractivity contribution in [3.05, 3.63) is 178 Å². The lowest BCUT2D eigenvalue weighted by Gasteiger charge is -2.33. The Labute approximate surface area is 501 Å². The predicted molar refractivity (Wildman–Crippen MR) is 357 cm³/mol. The minimum absolute atomic E-state index is 0.0104. The van der Waals surface area contributed by atoms with Crippen LogP contribution in [0.3, 0.4) is 0 Å². The first-order valence-electron chi connectivity index (χ1n) is 30.3. The highest BCUT2D eigenvalue weighted by atomic mass is 16.3. The summed E-state index contributed by atoms with van der Waals surface area (Å²) < 4.78 is 0. The van der Waals surface area contributed by atoms with Crippen LogP contribution in [0.5, 0.6) is 23.0 Å². The van der Waals surface area contributed by atoms with Gasteiger partial charge in [0.15, 0.2) is 0 Å². The molecule has 4 amide bonds. The van der Waals surface area contributed by atoms with Crippen LogP contribution in [-0.4, -0.2) is 44.1 Å². The Bertz CT molecular complexity index is 5330. The Hall–Kier alpha value is -10.6. The number of amides is 4. The topological polar surface area (TPSA) is 156 Å². The van der Waals surface area contributed by atoms with E-state index in [2.05, 4.69) is 48.5 Å². The van der Waals surface area contributed by atoms with Crippen molar-refractivity contribution in [2.24, 2.45) is 0 Å². The van der Waals surface area contributed by atoms with Crippen LogP contribution in [-0.2, 0) is 0 Å². The van der Waals surface area contributed by atoms with Crippen molar-refractivity contribution in [1.29, 1.82) is 0 Å². The van der Waals surface area contributed by atoms with E-state index in [4.69, 9.17) is 0 Å². The van der Waals surface area contributed by atoms with Gasteiger partial charge in [0.1, 0.15) is 23.0 Å². The van der Waals surface area contributed by atoms with Crippen molar-refractivity contribution in [2.75, 3.05) is 9.80 Å². The van der Waals surface area contributed by atoms with Gasteiger partial charge in [0.25, 0.3) is 23.6 Å². The van der Waals surface area contributed by atoms with Gasteiger partial charge in [-0.2, -0.15) is 0 Å². The maximum absolute atomic E-state index is 15.1. The SMILES string of the molecule is CC(C)c1cccc(C(C)C)c1N1C(=O)c2cc(O)c3c4ccc5c6ccc7c8ccc9c%10c(O)cc%11c%12c(cc(O)c(c%13ccc(c%14ccc(c%15ccc(c%16c(O)cc(c2c3%16)C1=O)c4c5%15)c6c7%14)c8c9%13)c%12%10)C(=O)N(c1c(C(C)C)cccc1C(C)C)C%11=O. The number of rotatable bonds is 6. The fourth-order valence-corrected chi connectivity index (χ4v) is 16.7. The third-order valence-electron chi connectivity index (χ3n) is 20.3. The first kappa shape index (κ1) is 50.7. The summed E-state index contributed by atoms with van der Waals surface area (Å²) >= 11 is 0. The van der Waals surface area contributed by atoms with E-state index < -0.39 is 23.6 Å². The Kier molecular flexibility index (Phi) is 9.61. The molecule has 2 heterocycles. The molecule has 16 aromatic rings. The number of phenolic OH excluding ortho intramolecular Hbond substituents is 4. The second-order valence-corrected chi connectivity index (χ2v) is 26.1. The van der Waals surface area contributed by atoms with Crippen molar-refractivity contribution in [1.82, 2.24) is 0 Å². The number of hydrogen-bond donors (Lipinski definition) is 4. The maximum atomic E-state index is 15.1. The number of fused-ring (bicyclic) bond motifs is 8. The molecule has 88 heavy (non-hydrogen) atoms. The van der Waals surface area contributed by atoms with Gasteiger partial charge in [-0.05, 0) is 167 Å². The molecule has 4 N–H and O–H groups in total. The zero-order valence-electron chi connectivity index (χ0n) is 49.3. The lowest BCUT2D eigenvalue weighted by molar-refractivity contribution is 0.0877. The summed E-state index contributed by atoms with van der Waals surface area (Å²) in [4.78, 5) is 62.8. The maximum Gasteiger partial charge on any atom is 0.266 e. The smallest absolute Gasteiger partial charge is 0.266 e. The molecule has 10 nitrogen and oxygen atoms in total. The fourth-order valence-electron chi connectivity index (χ4n) is 16.7. The molecular weight excluding hydrogens is 1090 g/mol. The van der Waals surface area contributed by atoms with Crippen LogP contribution in [0.2, 0.25) is 0 Å². The summed E-state index contributed by atoms with van der Waals surface area (Å²) in [7, 11) is 0. The fraction of sp³-hybridized carbons (Fsp3) is 0.154. The minimum Gasteiger partial charge on any atom is -0.507 e. The van der Waals surface area contributed by atoms with Crippen molar-refractivity contribution in [3.8, 4) is 23.0 Å². The largest absolute Gasteiger partial charge is 0.507 e. The van der Waals surface area contributed by atoms with Gasteiger partial charge < -0.3 is 20.4 Å². The Balaban J connectivity index is 0.857. The van der Waals surface area contributed by atoms with Crippen LogP contribution >= 0.6 is 0 Å². The average molecular weight is 1150 g/mol. The normalized spacial score (nSPS) is 14.3. The van der Waals surface area contributed by atoms with E-state index in [0.29, 0.717) is 54.5 Å². The molecule has 2 aliphatic heterocycles. The van der Waals surface area contributed by atoms with Gasteiger partial charge in [-0.15, -0.1) is 0 Å². The number of benzene rings is 16. The Morgan fingerprint density at radius 2 is 0.443 bits per heavy atom. The first-order valence-corrected chi connectivity index (χ1v) is 30.3.